The monoisotopic (exact) mass is 197 g/mol. The number of hydrogen-bond acceptors (Lipinski definition) is 2. The minimum absolute atomic E-state index is 0.167. The van der Waals surface area contributed by atoms with Gasteiger partial charge in [-0.15, -0.1) is 0 Å². The molecule has 1 aromatic rings. The first-order valence-corrected chi connectivity index (χ1v) is 4.75. The molecule has 3 heteroatoms. The summed E-state index contributed by atoms with van der Waals surface area (Å²) in [5.41, 5.74) is 5.89. The molecule has 0 radical (unpaired) electrons. The van der Waals surface area contributed by atoms with Crippen LogP contribution < -0.4 is 10.5 Å². The van der Waals surface area contributed by atoms with Crippen LogP contribution in [-0.4, -0.2) is 6.61 Å². The maximum atomic E-state index is 13.2. The smallest absolute Gasteiger partial charge is 0.131 e. The van der Waals surface area contributed by atoms with E-state index in [0.29, 0.717) is 23.8 Å². The second-order valence-corrected chi connectivity index (χ2v) is 3.63. The van der Waals surface area contributed by atoms with E-state index in [1.807, 2.05) is 13.8 Å². The summed E-state index contributed by atoms with van der Waals surface area (Å²) < 4.78 is 18.7. The number of ether oxygens (including phenoxy) is 1. The highest BCUT2D eigenvalue weighted by molar-refractivity contribution is 5.34. The Hall–Kier alpha value is -1.09. The summed E-state index contributed by atoms with van der Waals surface area (Å²) in [4.78, 5) is 0. The summed E-state index contributed by atoms with van der Waals surface area (Å²) in [6.45, 7) is 4.83. The summed E-state index contributed by atoms with van der Waals surface area (Å²) in [5.74, 6) is 0.679. The summed E-state index contributed by atoms with van der Waals surface area (Å²) >= 11 is 0. The van der Waals surface area contributed by atoms with Crippen molar-refractivity contribution in [2.75, 3.05) is 6.61 Å². The van der Waals surface area contributed by atoms with Crippen LogP contribution in [0.25, 0.3) is 0 Å². The number of hydrogen-bond donors (Lipinski definition) is 1. The predicted octanol–water partition coefficient (Wildman–Crippen LogP) is 2.32. The third-order valence-electron chi connectivity index (χ3n) is 1.85. The van der Waals surface area contributed by atoms with E-state index in [1.54, 1.807) is 12.1 Å². The molecule has 0 unspecified atom stereocenters. The second-order valence-electron chi connectivity index (χ2n) is 3.63. The number of nitrogens with two attached hydrogens (primary N) is 1. The topological polar surface area (TPSA) is 35.2 Å². The van der Waals surface area contributed by atoms with Crippen LogP contribution in [0.3, 0.4) is 0 Å². The fourth-order valence-electron chi connectivity index (χ4n) is 1.13. The fourth-order valence-corrected chi connectivity index (χ4v) is 1.13. The van der Waals surface area contributed by atoms with Gasteiger partial charge in [0.2, 0.25) is 0 Å². The van der Waals surface area contributed by atoms with E-state index in [0.717, 1.165) is 0 Å². The average Bonchev–Trinajstić information content (AvgIpc) is 2.14. The molecule has 14 heavy (non-hydrogen) atoms. The maximum Gasteiger partial charge on any atom is 0.131 e. The third kappa shape index (κ3) is 2.70. The molecule has 0 atom stereocenters. The van der Waals surface area contributed by atoms with Gasteiger partial charge in [0.25, 0.3) is 0 Å². The Morgan fingerprint density at radius 2 is 2.14 bits per heavy atom. The number of benzene rings is 1. The van der Waals surface area contributed by atoms with E-state index in [9.17, 15) is 4.39 Å². The highest BCUT2D eigenvalue weighted by Crippen LogP contribution is 2.21. The van der Waals surface area contributed by atoms with Crippen molar-refractivity contribution in [2.24, 2.45) is 11.7 Å². The van der Waals surface area contributed by atoms with E-state index >= 15 is 0 Å². The molecule has 0 aliphatic carbocycles. The lowest BCUT2D eigenvalue weighted by Gasteiger charge is -2.12. The van der Waals surface area contributed by atoms with Gasteiger partial charge in [-0.2, -0.15) is 0 Å². The van der Waals surface area contributed by atoms with Crippen LogP contribution in [0, 0.1) is 11.7 Å². The van der Waals surface area contributed by atoms with Crippen molar-refractivity contribution in [1.82, 2.24) is 0 Å². The molecule has 78 valence electrons. The summed E-state index contributed by atoms with van der Waals surface area (Å²) in [6, 6.07) is 4.77. The molecule has 0 saturated carbocycles. The van der Waals surface area contributed by atoms with Crippen LogP contribution in [0.1, 0.15) is 19.4 Å². The minimum atomic E-state index is -0.297. The zero-order valence-corrected chi connectivity index (χ0v) is 8.59. The van der Waals surface area contributed by atoms with Gasteiger partial charge in [0, 0.05) is 12.1 Å². The van der Waals surface area contributed by atoms with Crippen LogP contribution in [0.15, 0.2) is 18.2 Å². The number of rotatable bonds is 4. The normalized spacial score (nSPS) is 10.6. The van der Waals surface area contributed by atoms with Crippen molar-refractivity contribution in [2.45, 2.75) is 20.4 Å². The van der Waals surface area contributed by atoms with E-state index in [4.69, 9.17) is 10.5 Å². The summed E-state index contributed by atoms with van der Waals surface area (Å²) in [6.07, 6.45) is 0. The van der Waals surface area contributed by atoms with Gasteiger partial charge in [0.1, 0.15) is 11.6 Å². The quantitative estimate of drug-likeness (QED) is 0.804. The first-order chi connectivity index (χ1) is 6.65. The molecule has 0 spiro atoms. The molecular formula is C11H16FNO. The zero-order valence-electron chi connectivity index (χ0n) is 8.59. The van der Waals surface area contributed by atoms with Gasteiger partial charge in [-0.05, 0) is 18.1 Å². The van der Waals surface area contributed by atoms with Gasteiger partial charge in [-0.3, -0.25) is 0 Å². The Balaban J connectivity index is 2.80. The molecule has 0 fully saturated rings. The Morgan fingerprint density at radius 1 is 1.43 bits per heavy atom. The van der Waals surface area contributed by atoms with E-state index in [-0.39, 0.29) is 12.4 Å². The molecule has 0 bridgehead atoms. The molecule has 1 rings (SSSR count). The molecule has 0 amide bonds. The summed E-state index contributed by atoms with van der Waals surface area (Å²) in [7, 11) is 0. The van der Waals surface area contributed by atoms with Crippen molar-refractivity contribution in [3.05, 3.63) is 29.6 Å². The first-order valence-electron chi connectivity index (χ1n) is 4.75. The van der Waals surface area contributed by atoms with E-state index in [1.165, 1.54) is 6.07 Å². The second kappa shape index (κ2) is 4.96. The molecule has 2 N–H and O–H groups in total. The van der Waals surface area contributed by atoms with Crippen molar-refractivity contribution >= 4 is 0 Å². The standard InChI is InChI=1S/C11H16FNO/c1-8(2)7-14-11-5-3-4-10(12)9(11)6-13/h3-5,8H,6-7,13H2,1-2H3. The minimum Gasteiger partial charge on any atom is -0.493 e. The van der Waals surface area contributed by atoms with Gasteiger partial charge in [-0.1, -0.05) is 19.9 Å². The molecule has 1 aromatic carbocycles. The van der Waals surface area contributed by atoms with Crippen molar-refractivity contribution in [3.63, 3.8) is 0 Å². The van der Waals surface area contributed by atoms with E-state index in [2.05, 4.69) is 0 Å². The number of halogens is 1. The molecule has 0 saturated heterocycles. The summed E-state index contributed by atoms with van der Waals surface area (Å²) in [5, 5.41) is 0. The predicted molar refractivity (Wildman–Crippen MR) is 54.6 cm³/mol. The highest BCUT2D eigenvalue weighted by Gasteiger charge is 2.07. The van der Waals surface area contributed by atoms with Crippen LogP contribution in [0.5, 0.6) is 5.75 Å². The van der Waals surface area contributed by atoms with Crippen LogP contribution in [0.4, 0.5) is 4.39 Å². The Bertz CT molecular complexity index is 299. The molecule has 0 aliphatic rings. The highest BCUT2D eigenvalue weighted by atomic mass is 19.1. The van der Waals surface area contributed by atoms with Crippen LogP contribution in [0.2, 0.25) is 0 Å². The van der Waals surface area contributed by atoms with E-state index < -0.39 is 0 Å². The lowest BCUT2D eigenvalue weighted by Crippen LogP contribution is -2.09. The first kappa shape index (κ1) is 11.0. The van der Waals surface area contributed by atoms with Crippen molar-refractivity contribution < 1.29 is 9.13 Å². The molecule has 2 nitrogen and oxygen atoms in total. The lowest BCUT2D eigenvalue weighted by molar-refractivity contribution is 0.267. The average molecular weight is 197 g/mol. The van der Waals surface area contributed by atoms with Crippen LogP contribution in [-0.2, 0) is 6.54 Å². The van der Waals surface area contributed by atoms with Gasteiger partial charge < -0.3 is 10.5 Å². The Morgan fingerprint density at radius 3 is 2.71 bits per heavy atom. The Labute approximate surface area is 83.9 Å². The van der Waals surface area contributed by atoms with Gasteiger partial charge in [0.15, 0.2) is 0 Å². The zero-order chi connectivity index (χ0) is 10.6. The van der Waals surface area contributed by atoms with Gasteiger partial charge >= 0.3 is 0 Å². The molecule has 0 heterocycles. The maximum absolute atomic E-state index is 13.2. The SMILES string of the molecule is CC(C)COc1cccc(F)c1CN. The Kier molecular flexibility index (Phi) is 3.89. The largest absolute Gasteiger partial charge is 0.493 e. The fraction of sp³-hybridized carbons (Fsp3) is 0.455. The van der Waals surface area contributed by atoms with Crippen LogP contribution >= 0.6 is 0 Å². The lowest BCUT2D eigenvalue weighted by atomic mass is 10.2. The van der Waals surface area contributed by atoms with Crippen molar-refractivity contribution in [1.29, 1.82) is 0 Å². The molecular weight excluding hydrogens is 181 g/mol. The molecule has 0 aromatic heterocycles. The molecule has 0 aliphatic heterocycles. The van der Waals surface area contributed by atoms with Gasteiger partial charge in [-0.25, -0.2) is 4.39 Å². The third-order valence-corrected chi connectivity index (χ3v) is 1.85. The van der Waals surface area contributed by atoms with Gasteiger partial charge in [0.05, 0.1) is 6.61 Å². The van der Waals surface area contributed by atoms with Crippen molar-refractivity contribution in [3.8, 4) is 5.75 Å².